The highest BCUT2D eigenvalue weighted by Crippen LogP contribution is 2.19. The lowest BCUT2D eigenvalue weighted by Gasteiger charge is -2.17. The minimum Gasteiger partial charge on any atom is -0.314 e. The van der Waals surface area contributed by atoms with Crippen LogP contribution >= 0.6 is 0 Å². The third-order valence-corrected chi connectivity index (χ3v) is 2.78. The maximum atomic E-state index is 12.9. The van der Waals surface area contributed by atoms with Crippen molar-refractivity contribution in [2.24, 2.45) is 0 Å². The van der Waals surface area contributed by atoms with Crippen LogP contribution in [0.15, 0.2) is 36.7 Å². The third-order valence-electron chi connectivity index (χ3n) is 2.78. The van der Waals surface area contributed by atoms with Gasteiger partial charge in [-0.2, -0.15) is 0 Å². The van der Waals surface area contributed by atoms with Gasteiger partial charge in [0.15, 0.2) is 0 Å². The summed E-state index contributed by atoms with van der Waals surface area (Å²) in [4.78, 5) is 10.4. The van der Waals surface area contributed by atoms with Crippen molar-refractivity contribution >= 4 is 11.6 Å². The van der Waals surface area contributed by atoms with Gasteiger partial charge in [-0.1, -0.05) is 6.92 Å². The van der Waals surface area contributed by atoms with Gasteiger partial charge in [-0.05, 0) is 30.8 Å². The van der Waals surface area contributed by atoms with Gasteiger partial charge >= 0.3 is 0 Å². The molecule has 19 heavy (non-hydrogen) atoms. The molecule has 1 aromatic carbocycles. The second-order valence-corrected chi connectivity index (χ2v) is 4.21. The molecule has 2 rings (SSSR count). The number of rotatable bonds is 5. The summed E-state index contributed by atoms with van der Waals surface area (Å²) in [6.07, 6.45) is 3.59. The van der Waals surface area contributed by atoms with Crippen molar-refractivity contribution in [1.29, 1.82) is 0 Å². The zero-order valence-electron chi connectivity index (χ0n) is 11.1. The molecular formula is C14H17FN4. The van der Waals surface area contributed by atoms with Crippen molar-refractivity contribution in [2.45, 2.75) is 13.5 Å². The maximum Gasteiger partial charge on any atom is 0.229 e. The molecule has 0 atom stereocenters. The van der Waals surface area contributed by atoms with Crippen molar-refractivity contribution in [2.75, 3.05) is 18.5 Å². The van der Waals surface area contributed by atoms with E-state index >= 15 is 0 Å². The molecule has 0 aliphatic heterocycles. The van der Waals surface area contributed by atoms with Crippen LogP contribution in [0.2, 0.25) is 0 Å². The average molecular weight is 260 g/mol. The Balaban J connectivity index is 2.10. The van der Waals surface area contributed by atoms with Gasteiger partial charge in [-0.3, -0.25) is 0 Å². The first-order chi connectivity index (χ1) is 9.20. The Hall–Kier alpha value is -2.01. The molecule has 0 fully saturated rings. The van der Waals surface area contributed by atoms with Gasteiger partial charge < -0.3 is 10.2 Å². The van der Waals surface area contributed by atoms with Crippen LogP contribution in [0.5, 0.6) is 0 Å². The van der Waals surface area contributed by atoms with Crippen molar-refractivity contribution in [3.63, 3.8) is 0 Å². The monoisotopic (exact) mass is 260 g/mol. The normalized spacial score (nSPS) is 10.5. The molecule has 0 saturated carbocycles. The molecule has 0 unspecified atom stereocenters. The number of nitrogens with one attached hydrogen (secondary N) is 1. The Morgan fingerprint density at radius 2 is 1.79 bits per heavy atom. The number of hydrogen-bond donors (Lipinski definition) is 1. The number of halogens is 1. The van der Waals surface area contributed by atoms with E-state index in [1.54, 1.807) is 24.5 Å². The highest BCUT2D eigenvalue weighted by Gasteiger charge is 2.06. The molecule has 0 spiro atoms. The number of aromatic nitrogens is 2. The highest BCUT2D eigenvalue weighted by molar-refractivity contribution is 5.55. The maximum absolute atomic E-state index is 12.9. The van der Waals surface area contributed by atoms with Crippen LogP contribution in [0.1, 0.15) is 12.5 Å². The van der Waals surface area contributed by atoms with Gasteiger partial charge in [0.2, 0.25) is 5.95 Å². The van der Waals surface area contributed by atoms with Crippen LogP contribution in [0.3, 0.4) is 0 Å². The molecule has 0 aliphatic carbocycles. The number of nitrogens with zero attached hydrogens (tertiary/aromatic N) is 3. The standard InChI is InChI=1S/C14H17FN4/c1-3-16-8-11-9-17-14(18-10-11)19(2)13-6-4-12(15)5-7-13/h4-7,9-10,16H,3,8H2,1-2H3. The molecular weight excluding hydrogens is 243 g/mol. The minimum atomic E-state index is -0.251. The lowest BCUT2D eigenvalue weighted by molar-refractivity contribution is 0.628. The summed E-state index contributed by atoms with van der Waals surface area (Å²) in [5.74, 6) is 0.339. The van der Waals surface area contributed by atoms with E-state index in [9.17, 15) is 4.39 Å². The molecule has 0 aliphatic rings. The Morgan fingerprint density at radius 3 is 2.37 bits per heavy atom. The molecule has 0 radical (unpaired) electrons. The number of hydrogen-bond acceptors (Lipinski definition) is 4. The molecule has 2 aromatic rings. The zero-order chi connectivity index (χ0) is 13.7. The van der Waals surface area contributed by atoms with Crippen molar-refractivity contribution in [3.8, 4) is 0 Å². The summed E-state index contributed by atoms with van der Waals surface area (Å²) in [7, 11) is 1.85. The van der Waals surface area contributed by atoms with Crippen LogP contribution in [0.4, 0.5) is 16.0 Å². The largest absolute Gasteiger partial charge is 0.314 e. The lowest BCUT2D eigenvalue weighted by atomic mass is 10.3. The van der Waals surface area contributed by atoms with E-state index in [0.717, 1.165) is 24.3 Å². The Kier molecular flexibility index (Phi) is 4.41. The molecule has 1 heterocycles. The molecule has 1 aromatic heterocycles. The van der Waals surface area contributed by atoms with E-state index in [-0.39, 0.29) is 5.82 Å². The van der Waals surface area contributed by atoms with Gasteiger partial charge in [0.25, 0.3) is 0 Å². The van der Waals surface area contributed by atoms with Crippen LogP contribution in [-0.2, 0) is 6.54 Å². The Bertz CT molecular complexity index is 510. The summed E-state index contributed by atoms with van der Waals surface area (Å²) in [6, 6.07) is 6.24. The van der Waals surface area contributed by atoms with Gasteiger partial charge in [0, 0.05) is 37.2 Å². The SMILES string of the molecule is CCNCc1cnc(N(C)c2ccc(F)cc2)nc1. The Morgan fingerprint density at radius 1 is 1.16 bits per heavy atom. The third kappa shape index (κ3) is 3.48. The molecule has 100 valence electrons. The van der Waals surface area contributed by atoms with Crippen molar-refractivity contribution in [1.82, 2.24) is 15.3 Å². The first-order valence-corrected chi connectivity index (χ1v) is 6.21. The summed E-state index contributed by atoms with van der Waals surface area (Å²) >= 11 is 0. The van der Waals surface area contributed by atoms with Gasteiger partial charge in [0.1, 0.15) is 5.82 Å². The Labute approximate surface area is 112 Å². The first kappa shape index (κ1) is 13.4. The van der Waals surface area contributed by atoms with Gasteiger partial charge in [-0.25, -0.2) is 14.4 Å². The smallest absolute Gasteiger partial charge is 0.229 e. The quantitative estimate of drug-likeness (QED) is 0.896. The van der Waals surface area contributed by atoms with Crippen molar-refractivity contribution in [3.05, 3.63) is 48.0 Å². The first-order valence-electron chi connectivity index (χ1n) is 6.21. The predicted molar refractivity (Wildman–Crippen MR) is 73.9 cm³/mol. The fraction of sp³-hybridized carbons (Fsp3) is 0.286. The second kappa shape index (κ2) is 6.24. The predicted octanol–water partition coefficient (Wildman–Crippen LogP) is 2.49. The molecule has 1 N–H and O–H groups in total. The van der Waals surface area contributed by atoms with E-state index < -0.39 is 0 Å². The minimum absolute atomic E-state index is 0.251. The molecule has 4 nitrogen and oxygen atoms in total. The zero-order valence-corrected chi connectivity index (χ0v) is 11.1. The summed E-state index contributed by atoms with van der Waals surface area (Å²) in [5, 5.41) is 3.22. The topological polar surface area (TPSA) is 41.1 Å². The molecule has 0 saturated heterocycles. The summed E-state index contributed by atoms with van der Waals surface area (Å²) < 4.78 is 12.9. The summed E-state index contributed by atoms with van der Waals surface area (Å²) in [6.45, 7) is 3.73. The van der Waals surface area contributed by atoms with E-state index in [0.29, 0.717) is 5.95 Å². The second-order valence-electron chi connectivity index (χ2n) is 4.21. The fourth-order valence-corrected chi connectivity index (χ4v) is 1.66. The van der Waals surface area contributed by atoms with Crippen molar-refractivity contribution < 1.29 is 4.39 Å². The summed E-state index contributed by atoms with van der Waals surface area (Å²) in [5.41, 5.74) is 1.89. The lowest BCUT2D eigenvalue weighted by Crippen LogP contribution is -2.15. The number of benzene rings is 1. The van der Waals surface area contributed by atoms with E-state index in [1.165, 1.54) is 12.1 Å². The molecule has 5 heteroatoms. The van der Waals surface area contributed by atoms with Crippen LogP contribution < -0.4 is 10.2 Å². The molecule has 0 bridgehead atoms. The number of anilines is 2. The highest BCUT2D eigenvalue weighted by atomic mass is 19.1. The average Bonchev–Trinajstić information content (AvgIpc) is 2.46. The fourth-order valence-electron chi connectivity index (χ4n) is 1.66. The van der Waals surface area contributed by atoms with Gasteiger partial charge in [-0.15, -0.1) is 0 Å². The van der Waals surface area contributed by atoms with E-state index in [4.69, 9.17) is 0 Å². The van der Waals surface area contributed by atoms with Crippen LogP contribution in [-0.4, -0.2) is 23.6 Å². The molecule has 0 amide bonds. The van der Waals surface area contributed by atoms with Crippen LogP contribution in [0.25, 0.3) is 0 Å². The van der Waals surface area contributed by atoms with E-state index in [1.807, 2.05) is 11.9 Å². The van der Waals surface area contributed by atoms with E-state index in [2.05, 4.69) is 22.2 Å². The van der Waals surface area contributed by atoms with Crippen LogP contribution in [0, 0.1) is 5.82 Å². The van der Waals surface area contributed by atoms with Gasteiger partial charge in [0.05, 0.1) is 0 Å².